The minimum atomic E-state index is 0.318. The van der Waals surface area contributed by atoms with E-state index in [1.54, 1.807) is 12.1 Å². The Morgan fingerprint density at radius 2 is 1.58 bits per heavy atom. The molecule has 0 fully saturated rings. The molecular weight excluding hydrogens is 234 g/mol. The van der Waals surface area contributed by atoms with Gasteiger partial charge in [-0.05, 0) is 35.2 Å². The first-order chi connectivity index (χ1) is 9.15. The maximum atomic E-state index is 9.31. The third-order valence-corrected chi connectivity index (χ3v) is 3.15. The second kappa shape index (κ2) is 6.39. The molecule has 2 aromatic rings. The summed E-state index contributed by atoms with van der Waals surface area (Å²) in [7, 11) is 0. The molecule has 0 aliphatic carbocycles. The van der Waals surface area contributed by atoms with E-state index in [0.717, 1.165) is 13.0 Å². The van der Waals surface area contributed by atoms with Gasteiger partial charge in [-0.2, -0.15) is 0 Å². The lowest BCUT2D eigenvalue weighted by molar-refractivity contribution is 0.475. The van der Waals surface area contributed by atoms with Crippen LogP contribution in [-0.4, -0.2) is 11.1 Å². The lowest BCUT2D eigenvalue weighted by Crippen LogP contribution is -2.22. The fraction of sp³-hybridized carbons (Fsp3) is 0.294. The first-order valence-electron chi connectivity index (χ1n) is 6.73. The van der Waals surface area contributed by atoms with Gasteiger partial charge in [-0.15, -0.1) is 0 Å². The topological polar surface area (TPSA) is 32.3 Å². The minimum absolute atomic E-state index is 0.318. The Bertz CT molecular complexity index is 517. The fourth-order valence-electron chi connectivity index (χ4n) is 2.05. The van der Waals surface area contributed by atoms with E-state index >= 15 is 0 Å². The highest BCUT2D eigenvalue weighted by atomic mass is 16.3. The number of hydrogen-bond acceptors (Lipinski definition) is 2. The maximum Gasteiger partial charge on any atom is 0.115 e. The molecule has 0 bridgehead atoms. The van der Waals surface area contributed by atoms with E-state index in [9.17, 15) is 5.11 Å². The van der Waals surface area contributed by atoms with Crippen molar-refractivity contribution < 1.29 is 5.11 Å². The van der Waals surface area contributed by atoms with Gasteiger partial charge in [0, 0.05) is 12.6 Å². The first-order valence-corrected chi connectivity index (χ1v) is 6.73. The summed E-state index contributed by atoms with van der Waals surface area (Å²) in [6, 6.07) is 16.4. The van der Waals surface area contributed by atoms with Crippen LogP contribution >= 0.6 is 0 Å². The second-order valence-corrected chi connectivity index (χ2v) is 5.15. The summed E-state index contributed by atoms with van der Waals surface area (Å²) in [5.41, 5.74) is 3.89. The predicted molar refractivity (Wildman–Crippen MR) is 79.3 cm³/mol. The highest BCUT2D eigenvalue weighted by Gasteiger charge is 2.04. The Hall–Kier alpha value is -1.80. The summed E-state index contributed by atoms with van der Waals surface area (Å²) in [6.07, 6.45) is 0.899. The molecule has 0 aliphatic rings. The van der Waals surface area contributed by atoms with E-state index in [1.807, 2.05) is 12.1 Å². The molecule has 0 aromatic heterocycles. The van der Waals surface area contributed by atoms with Crippen LogP contribution < -0.4 is 5.32 Å². The van der Waals surface area contributed by atoms with E-state index in [2.05, 4.69) is 43.4 Å². The monoisotopic (exact) mass is 255 g/mol. The van der Waals surface area contributed by atoms with Crippen LogP contribution in [0.1, 0.15) is 30.5 Å². The molecule has 0 atom stereocenters. The summed E-state index contributed by atoms with van der Waals surface area (Å²) in [5, 5.41) is 12.8. The zero-order chi connectivity index (χ0) is 13.7. The van der Waals surface area contributed by atoms with Gasteiger partial charge >= 0.3 is 0 Å². The van der Waals surface area contributed by atoms with Gasteiger partial charge in [-0.25, -0.2) is 0 Å². The average Bonchev–Trinajstić information content (AvgIpc) is 2.40. The molecule has 19 heavy (non-hydrogen) atoms. The van der Waals surface area contributed by atoms with Crippen LogP contribution in [-0.2, 0) is 13.0 Å². The average molecular weight is 255 g/mol. The van der Waals surface area contributed by atoms with Crippen molar-refractivity contribution in [3.8, 4) is 5.75 Å². The molecule has 100 valence electrons. The number of aromatic hydroxyl groups is 1. The van der Waals surface area contributed by atoms with Crippen LogP contribution in [0.4, 0.5) is 0 Å². The normalized spacial score (nSPS) is 10.9. The summed E-state index contributed by atoms with van der Waals surface area (Å²) in [4.78, 5) is 0. The van der Waals surface area contributed by atoms with Crippen molar-refractivity contribution in [2.75, 3.05) is 0 Å². The van der Waals surface area contributed by atoms with Gasteiger partial charge in [-0.3, -0.25) is 0 Å². The number of rotatable bonds is 5. The standard InChI is InChI=1S/C17H21NO/c1-13(2)18-12-16-6-4-3-5-15(16)11-14-7-9-17(19)10-8-14/h3-10,13,18-19H,11-12H2,1-2H3. The quantitative estimate of drug-likeness (QED) is 0.857. The van der Waals surface area contributed by atoms with Gasteiger partial charge in [0.2, 0.25) is 0 Å². The first kappa shape index (κ1) is 13.6. The Balaban J connectivity index is 2.13. The van der Waals surface area contributed by atoms with Crippen molar-refractivity contribution >= 4 is 0 Å². The molecule has 2 nitrogen and oxygen atoms in total. The lowest BCUT2D eigenvalue weighted by atomic mass is 9.99. The van der Waals surface area contributed by atoms with Gasteiger partial charge in [0.15, 0.2) is 0 Å². The highest BCUT2D eigenvalue weighted by molar-refractivity contribution is 5.34. The maximum absolute atomic E-state index is 9.31. The van der Waals surface area contributed by atoms with E-state index in [4.69, 9.17) is 0 Å². The van der Waals surface area contributed by atoms with Crippen LogP contribution in [0.25, 0.3) is 0 Å². The molecule has 0 spiro atoms. The van der Waals surface area contributed by atoms with Crippen LogP contribution in [0.15, 0.2) is 48.5 Å². The van der Waals surface area contributed by atoms with Crippen molar-refractivity contribution in [3.05, 3.63) is 65.2 Å². The summed E-state index contributed by atoms with van der Waals surface area (Å²) < 4.78 is 0. The molecule has 0 aliphatic heterocycles. The molecule has 2 N–H and O–H groups in total. The van der Waals surface area contributed by atoms with Crippen molar-refractivity contribution in [1.29, 1.82) is 0 Å². The summed E-state index contributed by atoms with van der Waals surface area (Å²) >= 11 is 0. The number of nitrogens with one attached hydrogen (secondary N) is 1. The highest BCUT2D eigenvalue weighted by Crippen LogP contribution is 2.17. The van der Waals surface area contributed by atoms with E-state index < -0.39 is 0 Å². The van der Waals surface area contributed by atoms with E-state index in [0.29, 0.717) is 11.8 Å². The number of phenols is 1. The van der Waals surface area contributed by atoms with Crippen LogP contribution in [0.2, 0.25) is 0 Å². The molecule has 0 heterocycles. The van der Waals surface area contributed by atoms with Crippen LogP contribution in [0, 0.1) is 0 Å². The molecule has 2 heteroatoms. The minimum Gasteiger partial charge on any atom is -0.508 e. The van der Waals surface area contributed by atoms with Crippen molar-refractivity contribution in [2.45, 2.75) is 32.9 Å². The largest absolute Gasteiger partial charge is 0.508 e. The summed E-state index contributed by atoms with van der Waals surface area (Å²) in [6.45, 7) is 5.21. The fourth-order valence-corrected chi connectivity index (χ4v) is 2.05. The Morgan fingerprint density at radius 3 is 2.21 bits per heavy atom. The van der Waals surface area contributed by atoms with Gasteiger partial charge in [0.1, 0.15) is 5.75 Å². The Labute approximate surface area is 115 Å². The predicted octanol–water partition coefficient (Wildman–Crippen LogP) is 3.48. The number of benzene rings is 2. The van der Waals surface area contributed by atoms with Gasteiger partial charge < -0.3 is 10.4 Å². The van der Waals surface area contributed by atoms with Gasteiger partial charge in [-0.1, -0.05) is 50.2 Å². The van der Waals surface area contributed by atoms with Crippen molar-refractivity contribution in [1.82, 2.24) is 5.32 Å². The van der Waals surface area contributed by atoms with Gasteiger partial charge in [0.25, 0.3) is 0 Å². The van der Waals surface area contributed by atoms with Crippen LogP contribution in [0.5, 0.6) is 5.75 Å². The summed E-state index contributed by atoms with van der Waals surface area (Å²) in [5.74, 6) is 0.318. The zero-order valence-corrected chi connectivity index (χ0v) is 11.6. The molecular formula is C17H21NO. The van der Waals surface area contributed by atoms with Crippen molar-refractivity contribution in [3.63, 3.8) is 0 Å². The van der Waals surface area contributed by atoms with E-state index in [1.165, 1.54) is 16.7 Å². The lowest BCUT2D eigenvalue weighted by Gasteiger charge is -2.12. The molecule has 0 unspecified atom stereocenters. The molecule has 0 saturated heterocycles. The van der Waals surface area contributed by atoms with E-state index in [-0.39, 0.29) is 0 Å². The Morgan fingerprint density at radius 1 is 0.947 bits per heavy atom. The zero-order valence-electron chi connectivity index (χ0n) is 11.6. The molecule has 0 amide bonds. The smallest absolute Gasteiger partial charge is 0.115 e. The van der Waals surface area contributed by atoms with Crippen molar-refractivity contribution in [2.24, 2.45) is 0 Å². The number of hydrogen-bond donors (Lipinski definition) is 2. The van der Waals surface area contributed by atoms with Gasteiger partial charge in [0.05, 0.1) is 0 Å². The third kappa shape index (κ3) is 4.11. The molecule has 0 saturated carbocycles. The SMILES string of the molecule is CC(C)NCc1ccccc1Cc1ccc(O)cc1. The number of phenolic OH excluding ortho intramolecular Hbond substituents is 1. The molecule has 2 aromatic carbocycles. The van der Waals surface area contributed by atoms with Crippen LogP contribution in [0.3, 0.4) is 0 Å². The molecule has 0 radical (unpaired) electrons. The molecule has 2 rings (SSSR count). The Kier molecular flexibility index (Phi) is 4.58. The second-order valence-electron chi connectivity index (χ2n) is 5.15. The third-order valence-electron chi connectivity index (χ3n) is 3.15.